The van der Waals surface area contributed by atoms with Crippen LogP contribution in [0, 0.1) is 5.92 Å². The second-order valence-corrected chi connectivity index (χ2v) is 5.27. The zero-order valence-corrected chi connectivity index (χ0v) is 10.1. The molecule has 0 spiro atoms. The first-order valence-electron chi connectivity index (χ1n) is 6.52. The van der Waals surface area contributed by atoms with Gasteiger partial charge in [0, 0.05) is 35.6 Å². The van der Waals surface area contributed by atoms with Gasteiger partial charge in [-0.25, -0.2) is 0 Å². The summed E-state index contributed by atoms with van der Waals surface area (Å²) in [7, 11) is 0. The molecule has 0 saturated carbocycles. The van der Waals surface area contributed by atoms with E-state index in [2.05, 4.69) is 40.8 Å². The summed E-state index contributed by atoms with van der Waals surface area (Å²) in [4.78, 5) is 3.35. The van der Waals surface area contributed by atoms with E-state index in [-0.39, 0.29) is 12.5 Å². The molecule has 0 bridgehead atoms. The zero-order valence-electron chi connectivity index (χ0n) is 10.1. The van der Waals surface area contributed by atoms with E-state index >= 15 is 0 Å². The Balaban J connectivity index is 1.97. The highest BCUT2D eigenvalue weighted by Crippen LogP contribution is 2.38. The predicted molar refractivity (Wildman–Crippen MR) is 72.3 cm³/mol. The third-order valence-corrected chi connectivity index (χ3v) is 4.17. The van der Waals surface area contributed by atoms with Crippen molar-refractivity contribution in [1.29, 1.82) is 0 Å². The quantitative estimate of drug-likeness (QED) is 0.710. The fourth-order valence-corrected chi connectivity index (χ4v) is 3.29. The van der Waals surface area contributed by atoms with Gasteiger partial charge in [-0.15, -0.1) is 0 Å². The van der Waals surface area contributed by atoms with Crippen molar-refractivity contribution in [3.05, 3.63) is 41.6 Å². The molecule has 3 N–H and O–H groups in total. The molecule has 2 aromatic rings. The average Bonchev–Trinajstić information content (AvgIpc) is 2.83. The fourth-order valence-electron chi connectivity index (χ4n) is 3.29. The minimum atomic E-state index is 0.221. The third-order valence-electron chi connectivity index (χ3n) is 4.17. The van der Waals surface area contributed by atoms with E-state index in [1.165, 1.54) is 27.6 Å². The van der Waals surface area contributed by atoms with Crippen LogP contribution in [-0.2, 0) is 6.42 Å². The summed E-state index contributed by atoms with van der Waals surface area (Å²) in [6, 6.07) is 6.83. The van der Waals surface area contributed by atoms with E-state index in [1.54, 1.807) is 0 Å². The summed E-state index contributed by atoms with van der Waals surface area (Å²) in [6.07, 6.45) is 5.43. The molecule has 1 aromatic heterocycles. The van der Waals surface area contributed by atoms with Crippen LogP contribution in [0.15, 0.2) is 30.5 Å². The van der Waals surface area contributed by atoms with Crippen LogP contribution in [0.5, 0.6) is 0 Å². The summed E-state index contributed by atoms with van der Waals surface area (Å²) in [5.74, 6) is 0.243. The number of fused-ring (bicyclic) bond motifs is 2. The number of nitrogens with one attached hydrogen (secondary N) is 2. The smallest absolute Gasteiger partial charge is 0.0506 e. The Hall–Kier alpha value is -1.58. The molecule has 18 heavy (non-hydrogen) atoms. The molecule has 1 aliphatic heterocycles. The number of hydrogen-bond acceptors (Lipinski definition) is 2. The maximum absolute atomic E-state index is 9.34. The first-order valence-corrected chi connectivity index (χ1v) is 6.52. The standard InChI is InChI=1S/C15H16N2O/c18-8-9-4-12-11-2-1-3-13-15(11)10(7-17-13)5-14(12)16-6-9/h1-4,7,9,14,16-18H,5-6,8H2/t9-,14-/m1/s1. The van der Waals surface area contributed by atoms with Crippen LogP contribution in [0.2, 0.25) is 0 Å². The van der Waals surface area contributed by atoms with Crippen LogP contribution in [0.3, 0.4) is 0 Å². The van der Waals surface area contributed by atoms with Crippen molar-refractivity contribution >= 4 is 16.5 Å². The molecular weight excluding hydrogens is 224 g/mol. The minimum absolute atomic E-state index is 0.221. The van der Waals surface area contributed by atoms with Crippen molar-refractivity contribution < 1.29 is 5.11 Å². The normalized spacial score (nSPS) is 25.9. The largest absolute Gasteiger partial charge is 0.396 e. The first kappa shape index (κ1) is 10.4. The summed E-state index contributed by atoms with van der Waals surface area (Å²) >= 11 is 0. The number of hydrogen-bond donors (Lipinski definition) is 3. The van der Waals surface area contributed by atoms with Crippen LogP contribution in [0.1, 0.15) is 11.1 Å². The van der Waals surface area contributed by atoms with Crippen molar-refractivity contribution in [2.75, 3.05) is 13.2 Å². The Morgan fingerprint density at radius 3 is 3.17 bits per heavy atom. The Bertz CT molecular complexity index is 641. The first-order chi connectivity index (χ1) is 8.86. The number of aliphatic hydroxyl groups is 1. The van der Waals surface area contributed by atoms with Gasteiger partial charge >= 0.3 is 0 Å². The van der Waals surface area contributed by atoms with Gasteiger partial charge in [-0.3, -0.25) is 0 Å². The van der Waals surface area contributed by atoms with Crippen LogP contribution < -0.4 is 5.32 Å². The molecule has 0 fully saturated rings. The zero-order chi connectivity index (χ0) is 12.1. The van der Waals surface area contributed by atoms with Crippen molar-refractivity contribution in [2.45, 2.75) is 12.5 Å². The number of H-pyrrole nitrogens is 1. The Kier molecular flexibility index (Phi) is 2.13. The molecule has 0 saturated heterocycles. The second kappa shape index (κ2) is 3.70. The lowest BCUT2D eigenvalue weighted by molar-refractivity contribution is 0.243. The van der Waals surface area contributed by atoms with Gasteiger partial charge in [0.2, 0.25) is 0 Å². The fraction of sp³-hybridized carbons (Fsp3) is 0.333. The second-order valence-electron chi connectivity index (χ2n) is 5.27. The monoisotopic (exact) mass is 240 g/mol. The Morgan fingerprint density at radius 2 is 2.28 bits per heavy atom. The van der Waals surface area contributed by atoms with Crippen molar-refractivity contribution in [3.8, 4) is 0 Å². The molecule has 0 unspecified atom stereocenters. The molecule has 3 heteroatoms. The summed E-state index contributed by atoms with van der Waals surface area (Å²) in [6.45, 7) is 1.10. The van der Waals surface area contributed by atoms with Gasteiger partial charge in [0.1, 0.15) is 0 Å². The predicted octanol–water partition coefficient (Wildman–Crippen LogP) is 1.69. The Morgan fingerprint density at radius 1 is 1.33 bits per heavy atom. The van der Waals surface area contributed by atoms with Crippen molar-refractivity contribution in [3.63, 3.8) is 0 Å². The lowest BCUT2D eigenvalue weighted by Crippen LogP contribution is -2.41. The molecule has 2 atom stereocenters. The van der Waals surface area contributed by atoms with E-state index in [9.17, 15) is 5.11 Å². The number of aromatic amines is 1. The topological polar surface area (TPSA) is 48.0 Å². The summed E-state index contributed by atoms with van der Waals surface area (Å²) in [5, 5.41) is 14.3. The van der Waals surface area contributed by atoms with E-state index in [0.717, 1.165) is 13.0 Å². The lowest BCUT2D eigenvalue weighted by Gasteiger charge is -2.33. The van der Waals surface area contributed by atoms with E-state index < -0.39 is 0 Å². The number of aromatic nitrogens is 1. The number of rotatable bonds is 1. The van der Waals surface area contributed by atoms with Crippen molar-refractivity contribution in [1.82, 2.24) is 10.3 Å². The van der Waals surface area contributed by atoms with Gasteiger partial charge in [0.25, 0.3) is 0 Å². The molecule has 0 amide bonds. The van der Waals surface area contributed by atoms with Crippen LogP contribution in [0.4, 0.5) is 0 Å². The van der Waals surface area contributed by atoms with Gasteiger partial charge in [0.15, 0.2) is 0 Å². The van der Waals surface area contributed by atoms with Gasteiger partial charge in [-0.2, -0.15) is 0 Å². The molecule has 3 nitrogen and oxygen atoms in total. The third kappa shape index (κ3) is 1.32. The SMILES string of the molecule is OC[C@@H]1C=C2c3cccc4[nH]cc(c34)C[C@H]2NC1. The molecule has 92 valence electrons. The molecule has 0 radical (unpaired) electrons. The molecule has 2 heterocycles. The average molecular weight is 240 g/mol. The number of aliphatic hydroxyl groups excluding tert-OH is 1. The highest BCUT2D eigenvalue weighted by Gasteiger charge is 2.29. The lowest BCUT2D eigenvalue weighted by atomic mass is 9.81. The highest BCUT2D eigenvalue weighted by atomic mass is 16.3. The molecule has 1 aromatic carbocycles. The molecule has 2 aliphatic rings. The van der Waals surface area contributed by atoms with Gasteiger partial charge in [-0.05, 0) is 29.2 Å². The van der Waals surface area contributed by atoms with E-state index in [0.29, 0.717) is 6.04 Å². The van der Waals surface area contributed by atoms with E-state index in [4.69, 9.17) is 0 Å². The highest BCUT2D eigenvalue weighted by molar-refractivity contribution is 5.98. The van der Waals surface area contributed by atoms with E-state index in [1.807, 2.05) is 0 Å². The van der Waals surface area contributed by atoms with Crippen LogP contribution >= 0.6 is 0 Å². The minimum Gasteiger partial charge on any atom is -0.396 e. The summed E-state index contributed by atoms with van der Waals surface area (Å²) < 4.78 is 0. The van der Waals surface area contributed by atoms with Crippen molar-refractivity contribution in [2.24, 2.45) is 5.92 Å². The van der Waals surface area contributed by atoms with Gasteiger partial charge < -0.3 is 15.4 Å². The Labute approximate surface area is 106 Å². The number of benzene rings is 1. The maximum atomic E-state index is 9.34. The molecule has 4 rings (SSSR count). The van der Waals surface area contributed by atoms with Crippen LogP contribution in [0.25, 0.3) is 16.5 Å². The maximum Gasteiger partial charge on any atom is 0.0506 e. The van der Waals surface area contributed by atoms with Gasteiger partial charge in [0.05, 0.1) is 6.61 Å². The summed E-state index contributed by atoms with van der Waals surface area (Å²) in [5.41, 5.74) is 5.30. The molecular formula is C15H16N2O. The van der Waals surface area contributed by atoms with Crippen LogP contribution in [-0.4, -0.2) is 29.3 Å². The van der Waals surface area contributed by atoms with Gasteiger partial charge in [-0.1, -0.05) is 18.2 Å². The molecule has 1 aliphatic carbocycles.